The molecule has 4 nitrogen and oxygen atoms in total. The second-order valence-corrected chi connectivity index (χ2v) is 5.93. The molecule has 2 rings (SSSR count). The number of carbonyl (C=O) groups is 1. The number of carbonyl (C=O) groups excluding carboxylic acids is 1. The van der Waals surface area contributed by atoms with E-state index in [2.05, 4.69) is 5.32 Å². The minimum atomic E-state index is 0.125. The molecule has 1 amide bonds. The number of rotatable bonds is 5. The minimum absolute atomic E-state index is 0.125. The monoisotopic (exact) mass is 269 g/mol. The van der Waals surface area contributed by atoms with Crippen molar-refractivity contribution in [3.05, 3.63) is 0 Å². The summed E-state index contributed by atoms with van der Waals surface area (Å²) in [5.74, 6) is 0.378. The third-order valence-corrected chi connectivity index (χ3v) is 4.46. The molecule has 0 aromatic rings. The van der Waals surface area contributed by atoms with Crippen molar-refractivity contribution in [1.82, 2.24) is 5.32 Å². The Labute approximate surface area is 115 Å². The number of hydrogen-bond donors (Lipinski definition) is 2. The minimum Gasteiger partial charge on any atom is -0.396 e. The predicted octanol–water partition coefficient (Wildman–Crippen LogP) is 2.00. The van der Waals surface area contributed by atoms with Gasteiger partial charge in [-0.05, 0) is 38.5 Å². The Bertz CT molecular complexity index is 277. The molecule has 0 radical (unpaired) electrons. The molecule has 1 aliphatic carbocycles. The lowest BCUT2D eigenvalue weighted by molar-refractivity contribution is -0.123. The molecular weight excluding hydrogens is 242 g/mol. The van der Waals surface area contributed by atoms with E-state index in [4.69, 9.17) is 4.74 Å². The van der Waals surface area contributed by atoms with E-state index >= 15 is 0 Å². The van der Waals surface area contributed by atoms with Crippen molar-refractivity contribution in [3.8, 4) is 0 Å². The fraction of sp³-hybridized carbons (Fsp3) is 0.933. The predicted molar refractivity (Wildman–Crippen MR) is 73.8 cm³/mol. The first-order valence-corrected chi connectivity index (χ1v) is 7.81. The maximum Gasteiger partial charge on any atom is 0.220 e. The zero-order valence-corrected chi connectivity index (χ0v) is 11.8. The lowest BCUT2D eigenvalue weighted by Gasteiger charge is -2.31. The second-order valence-electron chi connectivity index (χ2n) is 5.93. The first-order chi connectivity index (χ1) is 9.29. The first-order valence-electron chi connectivity index (χ1n) is 7.81. The molecule has 3 unspecified atom stereocenters. The molecule has 2 fully saturated rings. The first kappa shape index (κ1) is 14.8. The third kappa shape index (κ3) is 4.77. The standard InChI is InChI=1S/C15H27NO3/c17-11-12-5-1-2-7-14(12)16-15(18)9-8-13-6-3-4-10-19-13/h12-14,17H,1-11H2,(H,16,18). The van der Waals surface area contributed by atoms with Crippen LogP contribution in [0.15, 0.2) is 0 Å². The molecule has 2 aliphatic rings. The summed E-state index contributed by atoms with van der Waals surface area (Å²) in [5, 5.41) is 12.4. The molecule has 3 atom stereocenters. The highest BCUT2D eigenvalue weighted by molar-refractivity contribution is 5.76. The van der Waals surface area contributed by atoms with Gasteiger partial charge in [0, 0.05) is 31.6 Å². The third-order valence-electron chi connectivity index (χ3n) is 4.46. The van der Waals surface area contributed by atoms with Crippen LogP contribution in [0.2, 0.25) is 0 Å². The van der Waals surface area contributed by atoms with Crippen molar-refractivity contribution in [3.63, 3.8) is 0 Å². The maximum atomic E-state index is 12.0. The lowest BCUT2D eigenvalue weighted by atomic mass is 9.85. The van der Waals surface area contributed by atoms with E-state index in [1.54, 1.807) is 0 Å². The highest BCUT2D eigenvalue weighted by Crippen LogP contribution is 2.24. The fourth-order valence-electron chi connectivity index (χ4n) is 3.22. The number of aliphatic hydroxyl groups is 1. The lowest BCUT2D eigenvalue weighted by Crippen LogP contribution is -2.43. The Kier molecular flexibility index (Phi) is 6.11. The molecular formula is C15H27NO3. The van der Waals surface area contributed by atoms with Crippen molar-refractivity contribution in [2.24, 2.45) is 5.92 Å². The summed E-state index contributed by atoms with van der Waals surface area (Å²) in [6, 6.07) is 0.179. The Hall–Kier alpha value is -0.610. The van der Waals surface area contributed by atoms with Crippen molar-refractivity contribution >= 4 is 5.91 Å². The van der Waals surface area contributed by atoms with Crippen LogP contribution >= 0.6 is 0 Å². The van der Waals surface area contributed by atoms with Crippen LogP contribution in [0.4, 0.5) is 0 Å². The maximum absolute atomic E-state index is 12.0. The van der Waals surface area contributed by atoms with E-state index in [1.807, 2.05) is 0 Å². The number of aliphatic hydroxyl groups excluding tert-OH is 1. The molecule has 0 aromatic carbocycles. The molecule has 1 saturated carbocycles. The van der Waals surface area contributed by atoms with Crippen LogP contribution in [0.5, 0.6) is 0 Å². The van der Waals surface area contributed by atoms with Crippen molar-refractivity contribution in [2.75, 3.05) is 13.2 Å². The van der Waals surface area contributed by atoms with Gasteiger partial charge in [-0.25, -0.2) is 0 Å². The largest absolute Gasteiger partial charge is 0.396 e. The van der Waals surface area contributed by atoms with Crippen LogP contribution in [-0.2, 0) is 9.53 Å². The van der Waals surface area contributed by atoms with Crippen LogP contribution in [0, 0.1) is 5.92 Å². The normalized spacial score (nSPS) is 31.9. The molecule has 0 aromatic heterocycles. The van der Waals surface area contributed by atoms with Gasteiger partial charge in [-0.1, -0.05) is 12.8 Å². The summed E-state index contributed by atoms with van der Waals surface area (Å²) in [6.45, 7) is 1.04. The van der Waals surface area contributed by atoms with E-state index in [9.17, 15) is 9.90 Å². The van der Waals surface area contributed by atoms with E-state index in [1.165, 1.54) is 12.8 Å². The fourth-order valence-corrected chi connectivity index (χ4v) is 3.22. The summed E-state index contributed by atoms with van der Waals surface area (Å²) < 4.78 is 5.64. The molecule has 4 heteroatoms. The van der Waals surface area contributed by atoms with Gasteiger partial charge in [0.2, 0.25) is 5.91 Å². The van der Waals surface area contributed by atoms with Gasteiger partial charge in [0.1, 0.15) is 0 Å². The van der Waals surface area contributed by atoms with Crippen molar-refractivity contribution in [1.29, 1.82) is 0 Å². The van der Waals surface area contributed by atoms with E-state index in [0.717, 1.165) is 45.1 Å². The molecule has 1 saturated heterocycles. The van der Waals surface area contributed by atoms with Gasteiger partial charge in [0.25, 0.3) is 0 Å². The van der Waals surface area contributed by atoms with Crippen LogP contribution in [0.1, 0.15) is 57.8 Å². The summed E-state index contributed by atoms with van der Waals surface area (Å²) in [4.78, 5) is 12.0. The summed E-state index contributed by atoms with van der Waals surface area (Å²) in [6.07, 6.45) is 9.52. The highest BCUT2D eigenvalue weighted by Gasteiger charge is 2.26. The van der Waals surface area contributed by atoms with Gasteiger partial charge in [0.05, 0.1) is 6.10 Å². The number of hydrogen-bond acceptors (Lipinski definition) is 3. The molecule has 19 heavy (non-hydrogen) atoms. The topological polar surface area (TPSA) is 58.6 Å². The smallest absolute Gasteiger partial charge is 0.220 e. The second kappa shape index (κ2) is 7.85. The van der Waals surface area contributed by atoms with Crippen LogP contribution < -0.4 is 5.32 Å². The number of ether oxygens (including phenoxy) is 1. The number of amides is 1. The Morgan fingerprint density at radius 1 is 1.16 bits per heavy atom. The van der Waals surface area contributed by atoms with Crippen molar-refractivity contribution in [2.45, 2.75) is 69.9 Å². The zero-order valence-electron chi connectivity index (χ0n) is 11.8. The molecule has 1 heterocycles. The van der Waals surface area contributed by atoms with Crippen LogP contribution in [0.3, 0.4) is 0 Å². The summed E-state index contributed by atoms with van der Waals surface area (Å²) in [7, 11) is 0. The molecule has 0 bridgehead atoms. The Morgan fingerprint density at radius 3 is 2.68 bits per heavy atom. The van der Waals surface area contributed by atoms with Gasteiger partial charge in [0.15, 0.2) is 0 Å². The molecule has 2 N–H and O–H groups in total. The van der Waals surface area contributed by atoms with Gasteiger partial charge in [-0.3, -0.25) is 4.79 Å². The summed E-state index contributed by atoms with van der Waals surface area (Å²) >= 11 is 0. The Morgan fingerprint density at radius 2 is 1.95 bits per heavy atom. The van der Waals surface area contributed by atoms with Crippen LogP contribution in [-0.4, -0.2) is 36.4 Å². The number of nitrogens with one attached hydrogen (secondary N) is 1. The molecule has 0 spiro atoms. The SMILES string of the molecule is O=C(CCC1CCCCO1)NC1CCCCC1CO. The van der Waals surface area contributed by atoms with Gasteiger partial charge in [-0.2, -0.15) is 0 Å². The van der Waals surface area contributed by atoms with Gasteiger partial charge >= 0.3 is 0 Å². The Balaban J connectivity index is 1.67. The van der Waals surface area contributed by atoms with Gasteiger partial charge in [-0.15, -0.1) is 0 Å². The van der Waals surface area contributed by atoms with Crippen LogP contribution in [0.25, 0.3) is 0 Å². The van der Waals surface area contributed by atoms with Crippen molar-refractivity contribution < 1.29 is 14.6 Å². The quantitative estimate of drug-likeness (QED) is 0.802. The van der Waals surface area contributed by atoms with E-state index in [-0.39, 0.29) is 30.6 Å². The highest BCUT2D eigenvalue weighted by atomic mass is 16.5. The van der Waals surface area contributed by atoms with E-state index < -0.39 is 0 Å². The zero-order chi connectivity index (χ0) is 13.5. The van der Waals surface area contributed by atoms with E-state index in [0.29, 0.717) is 6.42 Å². The molecule has 1 aliphatic heterocycles. The van der Waals surface area contributed by atoms with Gasteiger partial charge < -0.3 is 15.2 Å². The average Bonchev–Trinajstić information content (AvgIpc) is 2.47. The average molecular weight is 269 g/mol. The summed E-state index contributed by atoms with van der Waals surface area (Å²) in [5.41, 5.74) is 0. The molecule has 110 valence electrons.